The Morgan fingerprint density at radius 1 is 1.14 bits per heavy atom. The van der Waals surface area contributed by atoms with Gasteiger partial charge in [0, 0.05) is 12.2 Å². The smallest absolute Gasteiger partial charge is 0.250 e. The van der Waals surface area contributed by atoms with Crippen LogP contribution in [0, 0.1) is 0 Å². The number of carbonyl (C=O) groups excluding carboxylic acids is 1. The average Bonchev–Trinajstić information content (AvgIpc) is 3.10. The molecular formula is C21H26N2O4S. The number of nitrogens with zero attached hydrogens (tertiary/aromatic N) is 2. The number of hydrogen-bond donors (Lipinski definition) is 0. The van der Waals surface area contributed by atoms with Crippen LogP contribution in [0.3, 0.4) is 0 Å². The van der Waals surface area contributed by atoms with Crippen LogP contribution in [0.1, 0.15) is 25.8 Å². The van der Waals surface area contributed by atoms with Crippen LogP contribution in [0.15, 0.2) is 48.5 Å². The lowest BCUT2D eigenvalue weighted by molar-refractivity contribution is -0.119. The Hall–Kier alpha value is -2.54. The molecule has 6 nitrogen and oxygen atoms in total. The van der Waals surface area contributed by atoms with Gasteiger partial charge in [0.15, 0.2) is 0 Å². The molecule has 28 heavy (non-hydrogen) atoms. The number of sulfonamides is 1. The lowest BCUT2D eigenvalue weighted by atomic mass is 10.1. The second-order valence-electron chi connectivity index (χ2n) is 6.78. The summed E-state index contributed by atoms with van der Waals surface area (Å²) in [4.78, 5) is 15.1. The maximum atomic E-state index is 13.4. The van der Waals surface area contributed by atoms with Gasteiger partial charge >= 0.3 is 0 Å². The van der Waals surface area contributed by atoms with Gasteiger partial charge in [-0.05, 0) is 55.7 Å². The van der Waals surface area contributed by atoms with Crippen molar-refractivity contribution in [3.05, 3.63) is 54.1 Å². The number of carbonyl (C=O) groups is 1. The van der Waals surface area contributed by atoms with Crippen molar-refractivity contribution in [1.29, 1.82) is 0 Å². The SMILES string of the molecule is CCOc1ccc(N([C@@H](CC)C(=O)N2CCc3ccccc32)S(C)(=O)=O)cc1. The Morgan fingerprint density at radius 2 is 1.82 bits per heavy atom. The van der Waals surface area contributed by atoms with Gasteiger partial charge in [-0.3, -0.25) is 9.10 Å². The Morgan fingerprint density at radius 3 is 2.43 bits per heavy atom. The minimum absolute atomic E-state index is 0.202. The fourth-order valence-electron chi connectivity index (χ4n) is 3.65. The Balaban J connectivity index is 1.95. The Labute approximate surface area is 166 Å². The van der Waals surface area contributed by atoms with Crippen LogP contribution in [0.2, 0.25) is 0 Å². The third-order valence-electron chi connectivity index (χ3n) is 4.87. The number of amides is 1. The second kappa shape index (κ2) is 8.22. The first-order chi connectivity index (χ1) is 13.4. The predicted molar refractivity (Wildman–Crippen MR) is 112 cm³/mol. The van der Waals surface area contributed by atoms with E-state index in [-0.39, 0.29) is 5.91 Å². The molecule has 1 heterocycles. The van der Waals surface area contributed by atoms with Gasteiger partial charge in [0.2, 0.25) is 10.0 Å². The highest BCUT2D eigenvalue weighted by molar-refractivity contribution is 7.92. The summed E-state index contributed by atoms with van der Waals surface area (Å²) in [5, 5.41) is 0. The highest BCUT2D eigenvalue weighted by Gasteiger charge is 2.36. The molecule has 2 aromatic rings. The minimum atomic E-state index is -3.66. The number of ether oxygens (including phenoxy) is 1. The first kappa shape index (κ1) is 20.2. The van der Waals surface area contributed by atoms with Gasteiger partial charge in [0.05, 0.1) is 18.6 Å². The lowest BCUT2D eigenvalue weighted by Gasteiger charge is -2.33. The fraction of sp³-hybridized carbons (Fsp3) is 0.381. The maximum Gasteiger partial charge on any atom is 0.250 e. The number of anilines is 2. The molecule has 2 aromatic carbocycles. The molecule has 0 spiro atoms. The van der Waals surface area contributed by atoms with Crippen molar-refractivity contribution in [3.8, 4) is 5.75 Å². The molecule has 1 amide bonds. The van der Waals surface area contributed by atoms with Gasteiger partial charge in [-0.15, -0.1) is 0 Å². The summed E-state index contributed by atoms with van der Waals surface area (Å²) in [6.07, 6.45) is 2.29. The van der Waals surface area contributed by atoms with Crippen molar-refractivity contribution in [2.24, 2.45) is 0 Å². The highest BCUT2D eigenvalue weighted by atomic mass is 32.2. The molecule has 0 saturated heterocycles. The molecule has 0 bridgehead atoms. The third kappa shape index (κ3) is 3.99. The minimum Gasteiger partial charge on any atom is -0.494 e. The monoisotopic (exact) mass is 402 g/mol. The zero-order valence-corrected chi connectivity index (χ0v) is 17.3. The van der Waals surface area contributed by atoms with Crippen molar-refractivity contribution < 1.29 is 17.9 Å². The van der Waals surface area contributed by atoms with Crippen LogP contribution in [-0.4, -0.2) is 39.8 Å². The summed E-state index contributed by atoms with van der Waals surface area (Å²) in [5.41, 5.74) is 2.43. The zero-order chi connectivity index (χ0) is 20.3. The van der Waals surface area contributed by atoms with Crippen molar-refractivity contribution in [3.63, 3.8) is 0 Å². The molecule has 1 aliphatic rings. The van der Waals surface area contributed by atoms with Gasteiger partial charge < -0.3 is 9.64 Å². The van der Waals surface area contributed by atoms with Crippen LogP contribution in [-0.2, 0) is 21.2 Å². The first-order valence-electron chi connectivity index (χ1n) is 9.48. The third-order valence-corrected chi connectivity index (χ3v) is 6.05. The summed E-state index contributed by atoms with van der Waals surface area (Å²) in [7, 11) is -3.66. The Bertz CT molecular complexity index is 941. The van der Waals surface area contributed by atoms with Gasteiger partial charge in [0.1, 0.15) is 11.8 Å². The van der Waals surface area contributed by atoms with Crippen LogP contribution >= 0.6 is 0 Å². The van der Waals surface area contributed by atoms with E-state index in [4.69, 9.17) is 4.74 Å². The molecule has 1 atom stereocenters. The van der Waals surface area contributed by atoms with Gasteiger partial charge in [0.25, 0.3) is 5.91 Å². The van der Waals surface area contributed by atoms with Crippen LogP contribution < -0.4 is 13.9 Å². The number of fused-ring (bicyclic) bond motifs is 1. The summed E-state index contributed by atoms with van der Waals surface area (Å²) >= 11 is 0. The molecule has 7 heteroatoms. The molecule has 0 aromatic heterocycles. The maximum absolute atomic E-state index is 13.4. The quantitative estimate of drug-likeness (QED) is 0.713. The first-order valence-corrected chi connectivity index (χ1v) is 11.3. The van der Waals surface area contributed by atoms with Crippen molar-refractivity contribution in [1.82, 2.24) is 0 Å². The van der Waals surface area contributed by atoms with E-state index in [2.05, 4.69) is 0 Å². The normalized spacial score (nSPS) is 14.5. The number of rotatable bonds is 7. The van der Waals surface area contributed by atoms with Gasteiger partial charge in [-0.1, -0.05) is 25.1 Å². The van der Waals surface area contributed by atoms with E-state index in [9.17, 15) is 13.2 Å². The molecule has 0 saturated carbocycles. The van der Waals surface area contributed by atoms with E-state index in [0.717, 1.165) is 23.9 Å². The molecule has 0 unspecified atom stereocenters. The molecule has 0 radical (unpaired) electrons. The van der Waals surface area contributed by atoms with Crippen molar-refractivity contribution >= 4 is 27.3 Å². The molecule has 150 valence electrons. The van der Waals surface area contributed by atoms with Crippen LogP contribution in [0.5, 0.6) is 5.75 Å². The van der Waals surface area contributed by atoms with Crippen molar-refractivity contribution in [2.45, 2.75) is 32.7 Å². The summed E-state index contributed by atoms with van der Waals surface area (Å²) < 4.78 is 31.9. The summed E-state index contributed by atoms with van der Waals surface area (Å²) in [5.74, 6) is 0.458. The molecule has 1 aliphatic heterocycles. The number of hydrogen-bond acceptors (Lipinski definition) is 4. The van der Waals surface area contributed by atoms with E-state index in [1.807, 2.05) is 38.1 Å². The van der Waals surface area contributed by atoms with Crippen LogP contribution in [0.4, 0.5) is 11.4 Å². The average molecular weight is 403 g/mol. The van der Waals surface area contributed by atoms with Crippen molar-refractivity contribution in [2.75, 3.05) is 28.6 Å². The second-order valence-corrected chi connectivity index (χ2v) is 8.64. The molecular weight excluding hydrogens is 376 g/mol. The fourth-order valence-corrected chi connectivity index (χ4v) is 4.85. The lowest BCUT2D eigenvalue weighted by Crippen LogP contribution is -2.50. The molecule has 0 aliphatic carbocycles. The standard InChI is InChI=1S/C21H26N2O4S/c1-4-19(21(24)22-15-14-16-8-6-7-9-20(16)22)23(28(3,25)26)17-10-12-18(13-11-17)27-5-2/h6-13,19H,4-5,14-15H2,1-3H3/t19-/m0/s1. The molecule has 0 fully saturated rings. The highest BCUT2D eigenvalue weighted by Crippen LogP contribution is 2.31. The zero-order valence-electron chi connectivity index (χ0n) is 16.5. The summed E-state index contributed by atoms with van der Waals surface area (Å²) in [6.45, 7) is 4.81. The van der Waals surface area contributed by atoms with E-state index in [0.29, 0.717) is 31.0 Å². The van der Waals surface area contributed by atoms with E-state index in [1.165, 1.54) is 4.31 Å². The number of para-hydroxylation sites is 1. The molecule has 0 N–H and O–H groups in total. The predicted octanol–water partition coefficient (Wildman–Crippen LogP) is 3.22. The largest absolute Gasteiger partial charge is 0.494 e. The van der Waals surface area contributed by atoms with E-state index >= 15 is 0 Å². The van der Waals surface area contributed by atoms with Crippen LogP contribution in [0.25, 0.3) is 0 Å². The van der Waals surface area contributed by atoms with Gasteiger partial charge in [-0.25, -0.2) is 8.42 Å². The topological polar surface area (TPSA) is 66.9 Å². The van der Waals surface area contributed by atoms with E-state index in [1.54, 1.807) is 29.2 Å². The van der Waals surface area contributed by atoms with E-state index < -0.39 is 16.1 Å². The number of benzene rings is 2. The molecule has 3 rings (SSSR count). The van der Waals surface area contributed by atoms with Gasteiger partial charge in [-0.2, -0.15) is 0 Å². The summed E-state index contributed by atoms with van der Waals surface area (Å²) in [6, 6.07) is 13.8. The Kier molecular flexibility index (Phi) is 5.93.